The highest BCUT2D eigenvalue weighted by atomic mass is 35.6. The predicted octanol–water partition coefficient (Wildman–Crippen LogP) is 8.53. The van der Waals surface area contributed by atoms with Crippen LogP contribution in [0.15, 0.2) is 121 Å². The van der Waals surface area contributed by atoms with E-state index in [1.807, 2.05) is 163 Å². The third-order valence-electron chi connectivity index (χ3n) is 13.6. The Morgan fingerprint density at radius 2 is 0.843 bits per heavy atom. The van der Waals surface area contributed by atoms with Crippen molar-refractivity contribution in [3.05, 3.63) is 121 Å². The standard InChI is InChI=1S/C57H68Cl6N2O16Si2/c1-34(66)74-46-43(32-73-83(55(8,9)10,40-27-19-13-20-28-40)41-29-21-14-22-30-41)79-51(49(77-37(4)69)48(46)76-36(3)68)80-45-42(31-72-82(54(5,6)7,38-23-15-11-16-24-38)39-25-17-12-18-26-39)78-50(81-52(64)57(61,62)63)44(47(45)75-35(2)67)65-53(70)71-33-56(58,59)60/h11-30,42-51,64H,31-33H2,1-10H3,(H,65,70)/t42-,43-,44-,45-,46+,47-,48+,49-,50?,51+/m1/s1. The largest absolute Gasteiger partial charge is 0.457 e. The van der Waals surface area contributed by atoms with Crippen molar-refractivity contribution < 1.29 is 75.5 Å². The lowest BCUT2D eigenvalue weighted by molar-refractivity contribution is -0.345. The Balaban J connectivity index is 1.60. The third-order valence-corrected chi connectivity index (χ3v) is 24.5. The molecule has 452 valence electrons. The molecule has 0 radical (unpaired) electrons. The maximum Gasteiger partial charge on any atom is 0.407 e. The second kappa shape index (κ2) is 28.3. The van der Waals surface area contributed by atoms with Crippen LogP contribution in [0.2, 0.25) is 10.1 Å². The summed E-state index contributed by atoms with van der Waals surface area (Å²) in [6.45, 7) is 15.0. The van der Waals surface area contributed by atoms with E-state index in [9.17, 15) is 24.0 Å². The number of alkyl halides is 6. The zero-order chi connectivity index (χ0) is 61.3. The van der Waals surface area contributed by atoms with E-state index < -0.39 is 145 Å². The molecule has 4 aromatic rings. The fourth-order valence-corrected chi connectivity index (χ4v) is 19.9. The summed E-state index contributed by atoms with van der Waals surface area (Å²) in [7, 11) is -7.03. The number of ether oxygens (including phenoxy) is 9. The molecule has 4 aromatic carbocycles. The van der Waals surface area contributed by atoms with Gasteiger partial charge in [-0.15, -0.1) is 0 Å². The fourth-order valence-electron chi connectivity index (χ4n) is 10.5. The number of alkyl carbamates (subject to hydrolysis) is 1. The summed E-state index contributed by atoms with van der Waals surface area (Å²) in [6, 6.07) is 36.5. The number of hydrogen-bond acceptors (Lipinski definition) is 17. The van der Waals surface area contributed by atoms with Gasteiger partial charge in [-0.05, 0) is 30.8 Å². The first-order valence-electron chi connectivity index (χ1n) is 26.3. The lowest BCUT2D eigenvalue weighted by Gasteiger charge is -2.50. The Morgan fingerprint density at radius 1 is 0.494 bits per heavy atom. The summed E-state index contributed by atoms with van der Waals surface area (Å²) >= 11 is 36.5. The topological polar surface area (TPSA) is 223 Å². The predicted molar refractivity (Wildman–Crippen MR) is 319 cm³/mol. The van der Waals surface area contributed by atoms with Gasteiger partial charge in [0.1, 0.15) is 31.0 Å². The molecule has 2 aliphatic rings. The molecule has 0 bridgehead atoms. The van der Waals surface area contributed by atoms with Crippen molar-refractivity contribution in [3.8, 4) is 0 Å². The highest BCUT2D eigenvalue weighted by Gasteiger charge is 2.60. The van der Waals surface area contributed by atoms with Gasteiger partial charge < -0.3 is 56.8 Å². The maximum atomic E-state index is 13.9. The van der Waals surface area contributed by atoms with Crippen LogP contribution < -0.4 is 26.1 Å². The molecule has 0 spiro atoms. The lowest BCUT2D eigenvalue weighted by Crippen LogP contribution is -2.71. The van der Waals surface area contributed by atoms with Gasteiger partial charge in [0.15, 0.2) is 30.7 Å². The zero-order valence-electron chi connectivity index (χ0n) is 47.2. The van der Waals surface area contributed by atoms with Gasteiger partial charge in [-0.25, -0.2) is 4.79 Å². The van der Waals surface area contributed by atoms with E-state index in [0.29, 0.717) is 0 Å². The number of carbonyl (C=O) groups is 5. The lowest BCUT2D eigenvalue weighted by atomic mass is 9.95. The summed E-state index contributed by atoms with van der Waals surface area (Å²) in [5, 5.41) is 13.4. The number of benzene rings is 4. The Hall–Kier alpha value is -4.53. The molecule has 0 saturated carbocycles. The van der Waals surface area contributed by atoms with Crippen LogP contribution >= 0.6 is 69.6 Å². The molecule has 2 aliphatic heterocycles. The fraction of sp³-hybridized carbons (Fsp3) is 0.474. The van der Waals surface area contributed by atoms with Gasteiger partial charge in [-0.1, -0.05) is 232 Å². The van der Waals surface area contributed by atoms with Crippen molar-refractivity contribution in [1.82, 2.24) is 5.32 Å². The first-order chi connectivity index (χ1) is 38.8. The molecule has 2 heterocycles. The quantitative estimate of drug-likeness (QED) is 0.0224. The van der Waals surface area contributed by atoms with Crippen molar-refractivity contribution in [3.63, 3.8) is 0 Å². The van der Waals surface area contributed by atoms with E-state index in [0.717, 1.165) is 48.4 Å². The maximum absolute atomic E-state index is 13.9. The molecule has 10 atom stereocenters. The van der Waals surface area contributed by atoms with Gasteiger partial charge in [0, 0.05) is 27.7 Å². The first kappa shape index (κ1) is 67.6. The van der Waals surface area contributed by atoms with Crippen LogP contribution in [0.25, 0.3) is 0 Å². The normalized spacial score (nSPS) is 23.4. The number of esters is 4. The van der Waals surface area contributed by atoms with Crippen LogP contribution in [-0.4, -0.2) is 141 Å². The number of rotatable bonds is 19. The van der Waals surface area contributed by atoms with Gasteiger partial charge >= 0.3 is 30.0 Å². The Morgan fingerprint density at radius 3 is 1.20 bits per heavy atom. The van der Waals surface area contributed by atoms with Crippen molar-refractivity contribution in [2.45, 2.75) is 148 Å². The van der Waals surface area contributed by atoms with Gasteiger partial charge in [-0.2, -0.15) is 0 Å². The molecule has 2 N–H and O–H groups in total. The SMILES string of the molecule is CC(=O)O[C@H]1[C@@H](OC(C)=O)[C@@H](CO[Si](c2ccccc2)(c2ccccc2)C(C)(C)C)O[C@@H](O[C@H]2[C@H](OC(C)=O)[C@@H](NC(=O)OCC(Cl)(Cl)Cl)C(OC(=N)C(Cl)(Cl)Cl)O[C@@H]2CO[Si](c2ccccc2)(c2ccccc2)C(C)(C)C)[C@@H]1OC(C)=O. The van der Waals surface area contributed by atoms with E-state index in [2.05, 4.69) is 5.32 Å². The van der Waals surface area contributed by atoms with Gasteiger partial charge in [-0.3, -0.25) is 24.6 Å². The third kappa shape index (κ3) is 16.9. The molecule has 83 heavy (non-hydrogen) atoms. The second-order valence-electron chi connectivity index (χ2n) is 21.7. The van der Waals surface area contributed by atoms with E-state index in [1.54, 1.807) is 0 Å². The van der Waals surface area contributed by atoms with E-state index in [1.165, 1.54) is 0 Å². The average Bonchev–Trinajstić information content (AvgIpc) is 2.27. The molecule has 1 unspecified atom stereocenters. The van der Waals surface area contributed by atoms with Crippen molar-refractivity contribution >= 4 is 143 Å². The van der Waals surface area contributed by atoms with Gasteiger partial charge in [0.25, 0.3) is 20.4 Å². The summed E-state index contributed by atoms with van der Waals surface area (Å²) in [5.74, 6) is -4.60. The van der Waals surface area contributed by atoms with Gasteiger partial charge in [0.2, 0.25) is 16.0 Å². The molecule has 6 rings (SSSR count). The summed E-state index contributed by atoms with van der Waals surface area (Å²) in [6.07, 6.45) is -16.7. The average molecular weight is 1310 g/mol. The van der Waals surface area contributed by atoms with Crippen LogP contribution in [0.1, 0.15) is 69.2 Å². The van der Waals surface area contributed by atoms with Crippen LogP contribution in [0.3, 0.4) is 0 Å². The van der Waals surface area contributed by atoms with E-state index >= 15 is 0 Å². The number of nitrogens with one attached hydrogen (secondary N) is 2. The zero-order valence-corrected chi connectivity index (χ0v) is 53.8. The molecular formula is C57H68Cl6N2O16Si2. The minimum atomic E-state index is -3.56. The second-order valence-corrected chi connectivity index (χ2v) is 35.1. The molecule has 1 amide bonds. The molecular weight excluding hydrogens is 1240 g/mol. The smallest absolute Gasteiger partial charge is 0.407 e. The number of halogens is 6. The van der Waals surface area contributed by atoms with Crippen molar-refractivity contribution in [2.75, 3.05) is 19.8 Å². The van der Waals surface area contributed by atoms with Crippen LogP contribution in [0, 0.1) is 5.41 Å². The van der Waals surface area contributed by atoms with E-state index in [4.69, 9.17) is 126 Å². The number of carbonyl (C=O) groups excluding carboxylic acids is 5. The molecule has 0 aromatic heterocycles. The molecule has 2 saturated heterocycles. The molecule has 26 heteroatoms. The summed E-state index contributed by atoms with van der Waals surface area (Å²) < 4.78 is 66.1. The minimum absolute atomic E-state index is 0.376. The Kier molecular flexibility index (Phi) is 23.1. The number of amides is 1. The highest BCUT2D eigenvalue weighted by Crippen LogP contribution is 2.42. The van der Waals surface area contributed by atoms with E-state index in [-0.39, 0.29) is 6.61 Å². The first-order valence-corrected chi connectivity index (χ1v) is 32.3. The monoisotopic (exact) mass is 1300 g/mol. The molecule has 0 aliphatic carbocycles. The summed E-state index contributed by atoms with van der Waals surface area (Å²) in [5.41, 5.74) is 0. The molecule has 18 nitrogen and oxygen atoms in total. The highest BCUT2D eigenvalue weighted by molar-refractivity contribution is 7.00. The summed E-state index contributed by atoms with van der Waals surface area (Å²) in [4.78, 5) is 67.4. The van der Waals surface area contributed by atoms with Crippen LogP contribution in [0.5, 0.6) is 0 Å². The van der Waals surface area contributed by atoms with Crippen LogP contribution in [-0.2, 0) is 70.7 Å². The molecule has 2 fully saturated rings. The Labute approximate surface area is 515 Å². The number of hydrogen-bond donors (Lipinski definition) is 2. The van der Waals surface area contributed by atoms with Crippen LogP contribution in [0.4, 0.5) is 4.79 Å². The van der Waals surface area contributed by atoms with Gasteiger partial charge in [0.05, 0.1) is 13.2 Å². The van der Waals surface area contributed by atoms with Crippen molar-refractivity contribution in [1.29, 1.82) is 5.41 Å². The minimum Gasteiger partial charge on any atom is -0.457 e. The van der Waals surface area contributed by atoms with Crippen molar-refractivity contribution in [2.24, 2.45) is 0 Å². The Bertz CT molecular complexity index is 2770.